The Morgan fingerprint density at radius 3 is 2.71 bits per heavy atom. The molecule has 0 bridgehead atoms. The van der Waals surface area contributed by atoms with E-state index in [1.54, 1.807) is 0 Å². The highest BCUT2D eigenvalue weighted by atomic mass is 79.9. The topological polar surface area (TPSA) is 17.1 Å². The Hall–Kier alpha value is -0.630. The van der Waals surface area contributed by atoms with Crippen LogP contribution in [0.3, 0.4) is 0 Å². The maximum atomic E-state index is 10.8. The summed E-state index contributed by atoms with van der Waals surface area (Å²) in [4.78, 5) is 10.8. The summed E-state index contributed by atoms with van der Waals surface area (Å²) in [5.41, 5.74) is 3.77. The van der Waals surface area contributed by atoms with Gasteiger partial charge in [-0.1, -0.05) is 48.0 Å². The lowest BCUT2D eigenvalue weighted by Crippen LogP contribution is -2.02. The van der Waals surface area contributed by atoms with Crippen LogP contribution in [0.5, 0.6) is 0 Å². The predicted molar refractivity (Wildman–Crippen MR) is 62.9 cm³/mol. The molecule has 2 heteroatoms. The summed E-state index contributed by atoms with van der Waals surface area (Å²) in [5, 5.41) is 0.857. The second-order valence-electron chi connectivity index (χ2n) is 3.40. The highest BCUT2D eigenvalue weighted by molar-refractivity contribution is 9.08. The normalized spacial score (nSPS) is 12.5. The zero-order valence-electron chi connectivity index (χ0n) is 8.59. The average Bonchev–Trinajstić information content (AvgIpc) is 2.26. The molecule has 76 valence electrons. The molecule has 1 rings (SSSR count). The van der Waals surface area contributed by atoms with Gasteiger partial charge in [0.25, 0.3) is 0 Å². The Labute approximate surface area is 93.7 Å². The van der Waals surface area contributed by atoms with Crippen molar-refractivity contribution in [1.29, 1.82) is 0 Å². The molecule has 0 heterocycles. The van der Waals surface area contributed by atoms with Crippen molar-refractivity contribution in [2.45, 2.75) is 31.5 Å². The number of hydrogen-bond donors (Lipinski definition) is 0. The molecule has 1 aromatic rings. The Balaban J connectivity index is 3.21. The molecule has 1 unspecified atom stereocenters. The van der Waals surface area contributed by atoms with Crippen molar-refractivity contribution >= 4 is 22.2 Å². The van der Waals surface area contributed by atoms with Crippen LogP contribution >= 0.6 is 15.9 Å². The van der Waals surface area contributed by atoms with Crippen molar-refractivity contribution in [3.63, 3.8) is 0 Å². The van der Waals surface area contributed by atoms with Gasteiger partial charge >= 0.3 is 0 Å². The maximum absolute atomic E-state index is 10.8. The first-order valence-electron chi connectivity index (χ1n) is 4.86. The molecule has 0 spiro atoms. The molecule has 0 amide bonds. The summed E-state index contributed by atoms with van der Waals surface area (Å²) in [7, 11) is 0. The number of rotatable bonds is 4. The number of hydrogen-bond acceptors (Lipinski definition) is 1. The van der Waals surface area contributed by atoms with Gasteiger partial charge in [-0.3, -0.25) is 0 Å². The van der Waals surface area contributed by atoms with E-state index < -0.39 is 0 Å². The highest BCUT2D eigenvalue weighted by Gasteiger charge is 2.10. The van der Waals surface area contributed by atoms with E-state index in [0.717, 1.165) is 18.0 Å². The lowest BCUT2D eigenvalue weighted by Gasteiger charge is -2.13. The van der Waals surface area contributed by atoms with E-state index in [2.05, 4.69) is 28.9 Å². The lowest BCUT2D eigenvalue weighted by atomic mass is 9.92. The number of alkyl halides is 1. The zero-order valence-corrected chi connectivity index (χ0v) is 10.2. The summed E-state index contributed by atoms with van der Waals surface area (Å²) in [5.74, 6) is 0.00366. The van der Waals surface area contributed by atoms with Crippen molar-refractivity contribution in [3.8, 4) is 0 Å². The quantitative estimate of drug-likeness (QED) is 0.595. The Bertz CT molecular complexity index is 320. The van der Waals surface area contributed by atoms with Gasteiger partial charge in [0.05, 0.1) is 0 Å². The molecule has 0 aromatic heterocycles. The fraction of sp³-hybridized carbons (Fsp3) is 0.417. The van der Waals surface area contributed by atoms with Crippen LogP contribution in [0.2, 0.25) is 0 Å². The number of benzene rings is 1. The van der Waals surface area contributed by atoms with Crippen molar-refractivity contribution < 1.29 is 4.79 Å². The minimum Gasteiger partial charge on any atom is -0.303 e. The summed E-state index contributed by atoms with van der Waals surface area (Å²) in [6, 6.07) is 6.17. The Morgan fingerprint density at radius 1 is 1.50 bits per heavy atom. The second kappa shape index (κ2) is 5.30. The molecule has 0 aliphatic carbocycles. The van der Waals surface area contributed by atoms with Gasteiger partial charge in [0.1, 0.15) is 6.29 Å². The highest BCUT2D eigenvalue weighted by Crippen LogP contribution is 2.23. The molecule has 0 saturated carbocycles. The van der Waals surface area contributed by atoms with Gasteiger partial charge in [0.15, 0.2) is 0 Å². The third kappa shape index (κ3) is 2.24. The third-order valence-electron chi connectivity index (χ3n) is 2.50. The molecule has 14 heavy (non-hydrogen) atoms. The van der Waals surface area contributed by atoms with E-state index in [-0.39, 0.29) is 5.92 Å². The molecule has 0 aliphatic heterocycles. The molecular formula is C12H15BrO. The summed E-state index contributed by atoms with van der Waals surface area (Å²) in [6.45, 7) is 4.07. The zero-order chi connectivity index (χ0) is 10.6. The van der Waals surface area contributed by atoms with Gasteiger partial charge in [-0.25, -0.2) is 0 Å². The standard InChI is InChI=1S/C12H15BrO/c1-3-11-10(7-13)5-4-6-12(11)9(2)8-14/h4-6,8-9H,3,7H2,1-2H3. The molecule has 1 aromatic carbocycles. The van der Waals surface area contributed by atoms with Crippen molar-refractivity contribution in [3.05, 3.63) is 34.9 Å². The molecule has 0 saturated heterocycles. The van der Waals surface area contributed by atoms with E-state index in [0.29, 0.717) is 0 Å². The molecule has 1 atom stereocenters. The van der Waals surface area contributed by atoms with Crippen LogP contribution in [0.4, 0.5) is 0 Å². The van der Waals surface area contributed by atoms with Gasteiger partial charge in [-0.05, 0) is 23.1 Å². The number of carbonyl (C=O) groups excluding carboxylic acids is 1. The van der Waals surface area contributed by atoms with Crippen LogP contribution in [-0.4, -0.2) is 6.29 Å². The van der Waals surface area contributed by atoms with E-state index in [1.807, 2.05) is 19.1 Å². The Morgan fingerprint density at radius 2 is 2.21 bits per heavy atom. The number of carbonyl (C=O) groups is 1. The van der Waals surface area contributed by atoms with E-state index in [1.165, 1.54) is 16.7 Å². The van der Waals surface area contributed by atoms with E-state index in [9.17, 15) is 4.79 Å². The van der Waals surface area contributed by atoms with E-state index in [4.69, 9.17) is 0 Å². The third-order valence-corrected chi connectivity index (χ3v) is 3.11. The van der Waals surface area contributed by atoms with Crippen LogP contribution in [-0.2, 0) is 16.5 Å². The van der Waals surface area contributed by atoms with Crippen LogP contribution in [0.15, 0.2) is 18.2 Å². The molecule has 0 fully saturated rings. The van der Waals surface area contributed by atoms with Gasteiger partial charge in [0.2, 0.25) is 0 Å². The Kier molecular flexibility index (Phi) is 4.33. The molecule has 1 nitrogen and oxygen atoms in total. The SMILES string of the molecule is CCc1c(CBr)cccc1C(C)C=O. The summed E-state index contributed by atoms with van der Waals surface area (Å²) in [6.07, 6.45) is 1.99. The first kappa shape index (κ1) is 11.4. The molecule has 0 radical (unpaired) electrons. The van der Waals surface area contributed by atoms with Gasteiger partial charge < -0.3 is 4.79 Å². The van der Waals surface area contributed by atoms with Crippen LogP contribution in [0.1, 0.15) is 36.5 Å². The first-order chi connectivity index (χ1) is 6.74. The molecule has 0 N–H and O–H groups in total. The van der Waals surface area contributed by atoms with E-state index >= 15 is 0 Å². The fourth-order valence-electron chi connectivity index (χ4n) is 1.71. The van der Waals surface area contributed by atoms with Crippen molar-refractivity contribution in [2.24, 2.45) is 0 Å². The molecular weight excluding hydrogens is 240 g/mol. The second-order valence-corrected chi connectivity index (χ2v) is 3.96. The largest absolute Gasteiger partial charge is 0.303 e. The van der Waals surface area contributed by atoms with Gasteiger partial charge in [-0.2, -0.15) is 0 Å². The monoisotopic (exact) mass is 254 g/mol. The maximum Gasteiger partial charge on any atom is 0.127 e. The van der Waals surface area contributed by atoms with Crippen LogP contribution < -0.4 is 0 Å². The van der Waals surface area contributed by atoms with Crippen LogP contribution in [0, 0.1) is 0 Å². The summed E-state index contributed by atoms with van der Waals surface area (Å²) >= 11 is 3.47. The van der Waals surface area contributed by atoms with Gasteiger partial charge in [0, 0.05) is 11.2 Å². The van der Waals surface area contributed by atoms with Crippen LogP contribution in [0.25, 0.3) is 0 Å². The predicted octanol–water partition coefficient (Wildman–Crippen LogP) is 3.45. The minimum atomic E-state index is 0.00366. The smallest absolute Gasteiger partial charge is 0.127 e. The average molecular weight is 255 g/mol. The fourth-order valence-corrected chi connectivity index (χ4v) is 2.24. The van der Waals surface area contributed by atoms with Gasteiger partial charge in [-0.15, -0.1) is 0 Å². The van der Waals surface area contributed by atoms with Crippen molar-refractivity contribution in [1.82, 2.24) is 0 Å². The molecule has 0 aliphatic rings. The van der Waals surface area contributed by atoms with Crippen molar-refractivity contribution in [2.75, 3.05) is 0 Å². The first-order valence-corrected chi connectivity index (χ1v) is 5.98. The minimum absolute atomic E-state index is 0.00366. The number of aldehydes is 1. The number of halogens is 1. The lowest BCUT2D eigenvalue weighted by molar-refractivity contribution is -0.108. The summed E-state index contributed by atoms with van der Waals surface area (Å²) < 4.78 is 0.